The van der Waals surface area contributed by atoms with Crippen molar-refractivity contribution in [2.45, 2.75) is 58.4 Å². The first-order chi connectivity index (χ1) is 9.22. The van der Waals surface area contributed by atoms with Crippen molar-refractivity contribution >= 4 is 0 Å². The van der Waals surface area contributed by atoms with Crippen LogP contribution in [0.3, 0.4) is 0 Å². The van der Waals surface area contributed by atoms with Crippen molar-refractivity contribution in [2.24, 2.45) is 11.8 Å². The molecule has 1 aliphatic rings. The Hall–Kier alpha value is -0.820. The van der Waals surface area contributed by atoms with Crippen LogP contribution in [0.25, 0.3) is 0 Å². The third kappa shape index (κ3) is 4.35. The molecule has 0 aromatic heterocycles. The Morgan fingerprint density at radius 2 is 1.95 bits per heavy atom. The minimum absolute atomic E-state index is 0.706. The van der Waals surface area contributed by atoms with Gasteiger partial charge in [-0.3, -0.25) is 0 Å². The van der Waals surface area contributed by atoms with E-state index in [2.05, 4.69) is 56.4 Å². The molecule has 2 rings (SSSR count). The average molecular weight is 259 g/mol. The van der Waals surface area contributed by atoms with Gasteiger partial charge in [0.25, 0.3) is 0 Å². The van der Waals surface area contributed by atoms with Crippen molar-refractivity contribution in [3.63, 3.8) is 0 Å². The van der Waals surface area contributed by atoms with Gasteiger partial charge in [-0.05, 0) is 55.5 Å². The summed E-state index contributed by atoms with van der Waals surface area (Å²) in [5.41, 5.74) is 1.55. The van der Waals surface area contributed by atoms with E-state index in [0.717, 1.165) is 24.3 Å². The van der Waals surface area contributed by atoms with Gasteiger partial charge >= 0.3 is 0 Å². The van der Waals surface area contributed by atoms with Crippen LogP contribution in [0.1, 0.15) is 57.9 Å². The Kier molecular flexibility index (Phi) is 5.45. The minimum atomic E-state index is 0.706. The van der Waals surface area contributed by atoms with Gasteiger partial charge in [-0.1, -0.05) is 51.1 Å². The topological polar surface area (TPSA) is 12.0 Å². The number of nitrogens with one attached hydrogen (secondary N) is 1. The van der Waals surface area contributed by atoms with Crippen LogP contribution in [0.5, 0.6) is 0 Å². The van der Waals surface area contributed by atoms with Gasteiger partial charge in [0.15, 0.2) is 0 Å². The highest BCUT2D eigenvalue weighted by Gasteiger charge is 2.37. The quantitative estimate of drug-likeness (QED) is 0.719. The Morgan fingerprint density at radius 3 is 2.58 bits per heavy atom. The van der Waals surface area contributed by atoms with Gasteiger partial charge in [-0.15, -0.1) is 0 Å². The minimum Gasteiger partial charge on any atom is -0.314 e. The molecule has 0 aliphatic heterocycles. The van der Waals surface area contributed by atoms with Crippen molar-refractivity contribution in [1.29, 1.82) is 0 Å². The lowest BCUT2D eigenvalue weighted by atomic mass is 9.96. The van der Waals surface area contributed by atoms with Crippen LogP contribution in [-0.2, 0) is 0 Å². The molecule has 1 fully saturated rings. The molecule has 1 nitrogen and oxygen atoms in total. The second kappa shape index (κ2) is 7.09. The van der Waals surface area contributed by atoms with E-state index in [9.17, 15) is 0 Å². The van der Waals surface area contributed by atoms with E-state index in [1.54, 1.807) is 5.56 Å². The molecule has 106 valence electrons. The van der Waals surface area contributed by atoms with E-state index >= 15 is 0 Å². The Bertz CT molecular complexity index is 357. The number of benzene rings is 1. The summed E-state index contributed by atoms with van der Waals surface area (Å²) in [5.74, 6) is 2.53. The maximum absolute atomic E-state index is 3.71. The van der Waals surface area contributed by atoms with E-state index in [0.29, 0.717) is 6.04 Å². The molecule has 0 spiro atoms. The summed E-state index contributed by atoms with van der Waals surface area (Å²) < 4.78 is 0. The third-order valence-electron chi connectivity index (χ3n) is 4.46. The molecular weight excluding hydrogens is 230 g/mol. The van der Waals surface area contributed by atoms with Gasteiger partial charge in [0.05, 0.1) is 0 Å². The fourth-order valence-corrected chi connectivity index (χ4v) is 3.07. The van der Waals surface area contributed by atoms with Crippen LogP contribution in [0.2, 0.25) is 0 Å². The van der Waals surface area contributed by atoms with E-state index in [1.165, 1.54) is 25.7 Å². The molecule has 3 atom stereocenters. The SMILES string of the molecule is CCCNC(CCC1CC1c1ccccc1)C(C)C. The predicted molar refractivity (Wildman–Crippen MR) is 83.4 cm³/mol. The maximum Gasteiger partial charge on any atom is 0.00901 e. The second-order valence-electron chi connectivity index (χ2n) is 6.39. The zero-order valence-electron chi connectivity index (χ0n) is 12.7. The molecule has 0 amide bonds. The van der Waals surface area contributed by atoms with Crippen LogP contribution in [0.4, 0.5) is 0 Å². The Balaban J connectivity index is 1.74. The smallest absolute Gasteiger partial charge is 0.00901 e. The van der Waals surface area contributed by atoms with Gasteiger partial charge in [0.2, 0.25) is 0 Å². The summed E-state index contributed by atoms with van der Waals surface area (Å²) in [6.45, 7) is 8.09. The summed E-state index contributed by atoms with van der Waals surface area (Å²) in [7, 11) is 0. The number of rotatable bonds is 8. The molecule has 1 saturated carbocycles. The summed E-state index contributed by atoms with van der Waals surface area (Å²) in [6.07, 6.45) is 5.37. The Morgan fingerprint density at radius 1 is 1.21 bits per heavy atom. The van der Waals surface area contributed by atoms with Crippen molar-refractivity contribution in [3.8, 4) is 0 Å². The normalized spacial score (nSPS) is 23.6. The highest BCUT2D eigenvalue weighted by molar-refractivity contribution is 5.25. The standard InChI is InChI=1S/C18H29N/c1-4-12-19-18(14(2)3)11-10-16-13-17(16)15-8-6-5-7-9-15/h5-9,14,16-19H,4,10-13H2,1-3H3. The zero-order valence-corrected chi connectivity index (χ0v) is 12.7. The lowest BCUT2D eigenvalue weighted by Crippen LogP contribution is -2.34. The third-order valence-corrected chi connectivity index (χ3v) is 4.46. The molecule has 1 aromatic carbocycles. The van der Waals surface area contributed by atoms with E-state index in [4.69, 9.17) is 0 Å². The molecule has 0 radical (unpaired) electrons. The van der Waals surface area contributed by atoms with Crippen LogP contribution >= 0.6 is 0 Å². The molecule has 19 heavy (non-hydrogen) atoms. The highest BCUT2D eigenvalue weighted by atomic mass is 14.9. The molecule has 1 aromatic rings. The predicted octanol–water partition coefficient (Wildman–Crippen LogP) is 4.59. The molecule has 3 unspecified atom stereocenters. The van der Waals surface area contributed by atoms with Gasteiger partial charge in [0.1, 0.15) is 0 Å². The molecule has 1 aliphatic carbocycles. The van der Waals surface area contributed by atoms with E-state index < -0.39 is 0 Å². The molecule has 0 saturated heterocycles. The van der Waals surface area contributed by atoms with Crippen LogP contribution in [0, 0.1) is 11.8 Å². The second-order valence-corrected chi connectivity index (χ2v) is 6.39. The largest absolute Gasteiger partial charge is 0.314 e. The molecule has 0 bridgehead atoms. The van der Waals surface area contributed by atoms with Crippen LogP contribution in [-0.4, -0.2) is 12.6 Å². The van der Waals surface area contributed by atoms with Crippen LogP contribution in [0.15, 0.2) is 30.3 Å². The van der Waals surface area contributed by atoms with Gasteiger partial charge in [-0.2, -0.15) is 0 Å². The summed E-state index contributed by atoms with van der Waals surface area (Å²) in [4.78, 5) is 0. The lowest BCUT2D eigenvalue weighted by Gasteiger charge is -2.22. The van der Waals surface area contributed by atoms with Gasteiger partial charge < -0.3 is 5.32 Å². The fraction of sp³-hybridized carbons (Fsp3) is 0.667. The first-order valence-electron chi connectivity index (χ1n) is 8.00. The molecular formula is C18H29N. The van der Waals surface area contributed by atoms with E-state index in [-0.39, 0.29) is 0 Å². The highest BCUT2D eigenvalue weighted by Crippen LogP contribution is 2.50. The molecule has 0 heterocycles. The van der Waals surface area contributed by atoms with Crippen molar-refractivity contribution in [3.05, 3.63) is 35.9 Å². The van der Waals surface area contributed by atoms with Crippen molar-refractivity contribution < 1.29 is 0 Å². The Labute approximate surface area is 118 Å². The molecule has 1 heteroatoms. The monoisotopic (exact) mass is 259 g/mol. The molecule has 1 N–H and O–H groups in total. The van der Waals surface area contributed by atoms with E-state index in [1.807, 2.05) is 0 Å². The maximum atomic E-state index is 3.71. The van der Waals surface area contributed by atoms with Gasteiger partial charge in [0, 0.05) is 6.04 Å². The average Bonchev–Trinajstić information content (AvgIpc) is 3.19. The van der Waals surface area contributed by atoms with Gasteiger partial charge in [-0.25, -0.2) is 0 Å². The zero-order chi connectivity index (χ0) is 13.7. The van der Waals surface area contributed by atoms with Crippen LogP contribution < -0.4 is 5.32 Å². The number of hydrogen-bond acceptors (Lipinski definition) is 1. The fourth-order valence-electron chi connectivity index (χ4n) is 3.07. The van der Waals surface area contributed by atoms with Crippen molar-refractivity contribution in [1.82, 2.24) is 5.32 Å². The lowest BCUT2D eigenvalue weighted by molar-refractivity contribution is 0.362. The first kappa shape index (κ1) is 14.6. The summed E-state index contributed by atoms with van der Waals surface area (Å²) in [6, 6.07) is 11.7. The summed E-state index contributed by atoms with van der Waals surface area (Å²) in [5, 5.41) is 3.71. The number of hydrogen-bond donors (Lipinski definition) is 1. The first-order valence-corrected chi connectivity index (χ1v) is 8.00. The van der Waals surface area contributed by atoms with Crippen molar-refractivity contribution in [2.75, 3.05) is 6.54 Å². The summed E-state index contributed by atoms with van der Waals surface area (Å²) >= 11 is 0.